The predicted molar refractivity (Wildman–Crippen MR) is 89.3 cm³/mol. The molecule has 0 fully saturated rings. The van der Waals surface area contributed by atoms with E-state index in [1.165, 1.54) is 16.0 Å². The number of benzene rings is 1. The van der Waals surface area contributed by atoms with Gasteiger partial charge in [-0.2, -0.15) is 0 Å². The van der Waals surface area contributed by atoms with Crippen molar-refractivity contribution in [2.75, 3.05) is 7.05 Å². The van der Waals surface area contributed by atoms with Gasteiger partial charge in [-0.25, -0.2) is 0 Å². The van der Waals surface area contributed by atoms with Crippen LogP contribution < -0.4 is 0 Å². The van der Waals surface area contributed by atoms with Gasteiger partial charge in [0.1, 0.15) is 5.82 Å². The normalized spacial score (nSPS) is 18.8. The molecular formula is C17H20N4OS. The molecule has 0 saturated heterocycles. The summed E-state index contributed by atoms with van der Waals surface area (Å²) in [6, 6.07) is 6.45. The highest BCUT2D eigenvalue weighted by Gasteiger charge is 2.31. The Hall–Kier alpha value is -1.82. The minimum absolute atomic E-state index is 0.0160. The van der Waals surface area contributed by atoms with Crippen molar-refractivity contribution in [3.8, 4) is 0 Å². The van der Waals surface area contributed by atoms with E-state index in [-0.39, 0.29) is 11.2 Å². The fourth-order valence-electron chi connectivity index (χ4n) is 3.34. The number of carbonyl (C=O) groups is 1. The molecule has 1 aromatic carbocycles. The lowest BCUT2D eigenvalue weighted by atomic mass is 10.1. The number of thioether (sulfide) groups is 1. The Labute approximate surface area is 140 Å². The standard InChI is InChI=1S/C17H20N4OS/c1-11-5-6-12-9-14(23-13(12)8-11)17(22)20(2)10-16-19-18-15-4-3-7-21(15)16/h5-6,8,14H,3-4,7,9-10H2,1-2H3/t14-/m1/s1. The summed E-state index contributed by atoms with van der Waals surface area (Å²) >= 11 is 1.69. The van der Waals surface area contributed by atoms with Crippen molar-refractivity contribution in [1.82, 2.24) is 19.7 Å². The average molecular weight is 328 g/mol. The summed E-state index contributed by atoms with van der Waals surface area (Å²) in [6.45, 7) is 3.61. The number of rotatable bonds is 3. The predicted octanol–water partition coefficient (Wildman–Crippen LogP) is 2.21. The maximum atomic E-state index is 12.8. The maximum absolute atomic E-state index is 12.8. The molecule has 3 heterocycles. The minimum Gasteiger partial charge on any atom is -0.337 e. The highest BCUT2D eigenvalue weighted by molar-refractivity contribution is 8.01. The average Bonchev–Trinajstić information content (AvgIpc) is 3.22. The van der Waals surface area contributed by atoms with Crippen LogP contribution in [0.1, 0.15) is 29.2 Å². The Kier molecular flexibility index (Phi) is 3.64. The van der Waals surface area contributed by atoms with Crippen molar-refractivity contribution >= 4 is 17.7 Å². The monoisotopic (exact) mass is 328 g/mol. The fourth-order valence-corrected chi connectivity index (χ4v) is 4.74. The van der Waals surface area contributed by atoms with Crippen molar-refractivity contribution in [3.05, 3.63) is 41.0 Å². The molecule has 1 amide bonds. The maximum Gasteiger partial charge on any atom is 0.236 e. The van der Waals surface area contributed by atoms with E-state index < -0.39 is 0 Å². The number of fused-ring (bicyclic) bond motifs is 2. The Morgan fingerprint density at radius 2 is 2.30 bits per heavy atom. The second-order valence-electron chi connectivity index (χ2n) is 6.40. The second kappa shape index (κ2) is 5.67. The molecule has 2 aliphatic heterocycles. The van der Waals surface area contributed by atoms with Gasteiger partial charge < -0.3 is 9.47 Å². The number of aryl methyl sites for hydroxylation is 2. The van der Waals surface area contributed by atoms with E-state index in [0.29, 0.717) is 6.54 Å². The number of amides is 1. The van der Waals surface area contributed by atoms with Gasteiger partial charge in [0.15, 0.2) is 5.82 Å². The first-order valence-corrected chi connectivity index (χ1v) is 8.92. The van der Waals surface area contributed by atoms with Crippen molar-refractivity contribution in [2.24, 2.45) is 0 Å². The van der Waals surface area contributed by atoms with Crippen molar-refractivity contribution < 1.29 is 4.79 Å². The summed E-state index contributed by atoms with van der Waals surface area (Å²) in [4.78, 5) is 15.8. The molecule has 1 aromatic heterocycles. The van der Waals surface area contributed by atoms with Crippen LogP contribution in [0.4, 0.5) is 0 Å². The summed E-state index contributed by atoms with van der Waals surface area (Å²) in [5.41, 5.74) is 2.53. The van der Waals surface area contributed by atoms with Gasteiger partial charge in [0.2, 0.25) is 5.91 Å². The van der Waals surface area contributed by atoms with Crippen LogP contribution in [0.25, 0.3) is 0 Å². The molecule has 2 aromatic rings. The zero-order chi connectivity index (χ0) is 16.0. The van der Waals surface area contributed by atoms with Crippen molar-refractivity contribution in [1.29, 1.82) is 0 Å². The molecule has 0 spiro atoms. The van der Waals surface area contributed by atoms with E-state index in [2.05, 4.69) is 39.9 Å². The number of carbonyl (C=O) groups excluding carboxylic acids is 1. The molecule has 4 rings (SSSR count). The number of hydrogen-bond acceptors (Lipinski definition) is 4. The van der Waals surface area contributed by atoms with E-state index in [4.69, 9.17) is 0 Å². The van der Waals surface area contributed by atoms with Crippen molar-refractivity contribution in [2.45, 2.75) is 49.4 Å². The van der Waals surface area contributed by atoms with Crippen LogP contribution in [0.5, 0.6) is 0 Å². The quantitative estimate of drug-likeness (QED) is 0.867. The van der Waals surface area contributed by atoms with Crippen LogP contribution in [0.3, 0.4) is 0 Å². The lowest BCUT2D eigenvalue weighted by molar-refractivity contribution is -0.129. The van der Waals surface area contributed by atoms with Gasteiger partial charge in [-0.1, -0.05) is 17.7 Å². The van der Waals surface area contributed by atoms with Gasteiger partial charge in [-0.15, -0.1) is 22.0 Å². The van der Waals surface area contributed by atoms with Gasteiger partial charge in [-0.05, 0) is 31.4 Å². The molecule has 0 unspecified atom stereocenters. The van der Waals surface area contributed by atoms with E-state index in [9.17, 15) is 4.79 Å². The fraction of sp³-hybridized carbons (Fsp3) is 0.471. The van der Waals surface area contributed by atoms with Crippen LogP contribution >= 0.6 is 11.8 Å². The summed E-state index contributed by atoms with van der Waals surface area (Å²) < 4.78 is 2.16. The van der Waals surface area contributed by atoms with Gasteiger partial charge >= 0.3 is 0 Å². The van der Waals surface area contributed by atoms with Gasteiger partial charge in [0.05, 0.1) is 11.8 Å². The highest BCUT2D eigenvalue weighted by Crippen LogP contribution is 2.38. The summed E-state index contributed by atoms with van der Waals surface area (Å²) in [5, 5.41) is 8.45. The second-order valence-corrected chi connectivity index (χ2v) is 7.65. The molecule has 6 heteroatoms. The van der Waals surface area contributed by atoms with Crippen LogP contribution in [0, 0.1) is 6.92 Å². The first-order chi connectivity index (χ1) is 11.1. The van der Waals surface area contributed by atoms with Crippen LogP contribution in [-0.2, 0) is 30.7 Å². The third-order valence-electron chi connectivity index (χ3n) is 4.61. The Morgan fingerprint density at radius 3 is 3.17 bits per heavy atom. The number of hydrogen-bond donors (Lipinski definition) is 0. The highest BCUT2D eigenvalue weighted by atomic mass is 32.2. The molecule has 0 radical (unpaired) electrons. The van der Waals surface area contributed by atoms with Crippen molar-refractivity contribution in [3.63, 3.8) is 0 Å². The largest absolute Gasteiger partial charge is 0.337 e. The van der Waals surface area contributed by atoms with Crippen LogP contribution in [0.2, 0.25) is 0 Å². The molecular weight excluding hydrogens is 308 g/mol. The van der Waals surface area contributed by atoms with Gasteiger partial charge in [-0.3, -0.25) is 4.79 Å². The molecule has 23 heavy (non-hydrogen) atoms. The SMILES string of the molecule is Cc1ccc2c(c1)S[C@@H](C(=O)N(C)Cc1nnc3n1CCC3)C2. The zero-order valence-corrected chi connectivity index (χ0v) is 14.3. The number of aromatic nitrogens is 3. The molecule has 0 aliphatic carbocycles. The van der Waals surface area contributed by atoms with E-state index in [1.807, 2.05) is 7.05 Å². The van der Waals surface area contributed by atoms with E-state index >= 15 is 0 Å². The van der Waals surface area contributed by atoms with Gasteiger partial charge in [0.25, 0.3) is 0 Å². The Morgan fingerprint density at radius 1 is 1.43 bits per heavy atom. The summed E-state index contributed by atoms with van der Waals surface area (Å²) in [6.07, 6.45) is 2.95. The molecule has 0 bridgehead atoms. The third-order valence-corrected chi connectivity index (χ3v) is 5.90. The van der Waals surface area contributed by atoms with Crippen LogP contribution in [-0.4, -0.2) is 37.9 Å². The smallest absolute Gasteiger partial charge is 0.236 e. The van der Waals surface area contributed by atoms with E-state index in [1.54, 1.807) is 16.7 Å². The van der Waals surface area contributed by atoms with Gasteiger partial charge in [0, 0.05) is 24.9 Å². The Bertz CT molecular complexity index is 770. The summed E-state index contributed by atoms with van der Waals surface area (Å²) in [7, 11) is 1.87. The third kappa shape index (κ3) is 2.65. The van der Waals surface area contributed by atoms with E-state index in [0.717, 1.165) is 37.5 Å². The first-order valence-electron chi connectivity index (χ1n) is 8.04. The molecule has 0 N–H and O–H groups in total. The lowest BCUT2D eigenvalue weighted by Crippen LogP contribution is -2.34. The molecule has 1 atom stereocenters. The lowest BCUT2D eigenvalue weighted by Gasteiger charge is -2.20. The summed E-state index contributed by atoms with van der Waals surface area (Å²) in [5.74, 6) is 2.14. The number of nitrogens with zero attached hydrogens (tertiary/aromatic N) is 4. The Balaban J connectivity index is 1.45. The molecule has 120 valence electrons. The molecule has 5 nitrogen and oxygen atoms in total. The first kappa shape index (κ1) is 14.8. The molecule has 0 saturated carbocycles. The minimum atomic E-state index is -0.0160. The zero-order valence-electron chi connectivity index (χ0n) is 13.5. The topological polar surface area (TPSA) is 51.0 Å². The molecule has 2 aliphatic rings. The van der Waals surface area contributed by atoms with Crippen LogP contribution in [0.15, 0.2) is 23.1 Å².